The number of hydrogen-bond donors (Lipinski definition) is 3. The molecule has 128 valence electrons. The lowest BCUT2D eigenvalue weighted by Gasteiger charge is -2.13. The highest BCUT2D eigenvalue weighted by atomic mass is 35.5. The molecule has 1 aromatic rings. The van der Waals surface area contributed by atoms with E-state index in [1.54, 1.807) is 25.3 Å². The molecule has 1 aromatic carbocycles. The molecule has 0 aliphatic heterocycles. The molecule has 1 rings (SSSR count). The highest BCUT2D eigenvalue weighted by Gasteiger charge is 2.08. The molecular formula is C16H24ClN3O3. The number of halogens is 1. The van der Waals surface area contributed by atoms with Gasteiger partial charge in [-0.15, -0.1) is 0 Å². The lowest BCUT2D eigenvalue weighted by Crippen LogP contribution is -2.36. The SMILES string of the molecule is CCC(C)NC(=O)CCNC(=O)CNc1cc(Cl)ccc1OC. The molecule has 1 unspecified atom stereocenters. The number of nitrogens with one attached hydrogen (secondary N) is 3. The van der Waals surface area contributed by atoms with Crippen LogP contribution in [0.1, 0.15) is 26.7 Å². The molecule has 0 fully saturated rings. The highest BCUT2D eigenvalue weighted by Crippen LogP contribution is 2.27. The molecule has 0 aliphatic rings. The van der Waals surface area contributed by atoms with Gasteiger partial charge in [0.05, 0.1) is 19.3 Å². The summed E-state index contributed by atoms with van der Waals surface area (Å²) < 4.78 is 5.19. The first kappa shape index (κ1) is 19.1. The number of carbonyl (C=O) groups excluding carboxylic acids is 2. The van der Waals surface area contributed by atoms with Crippen molar-refractivity contribution in [3.63, 3.8) is 0 Å². The van der Waals surface area contributed by atoms with Gasteiger partial charge in [-0.1, -0.05) is 18.5 Å². The molecule has 3 N–H and O–H groups in total. The van der Waals surface area contributed by atoms with Crippen LogP contribution in [0.4, 0.5) is 5.69 Å². The lowest BCUT2D eigenvalue weighted by atomic mass is 10.2. The Kier molecular flexibility index (Phi) is 8.26. The Hall–Kier alpha value is -1.95. The summed E-state index contributed by atoms with van der Waals surface area (Å²) in [5.74, 6) is 0.336. The maximum atomic E-state index is 11.8. The normalized spacial score (nSPS) is 11.5. The van der Waals surface area contributed by atoms with E-state index >= 15 is 0 Å². The number of benzene rings is 1. The Morgan fingerprint density at radius 3 is 2.70 bits per heavy atom. The van der Waals surface area contributed by atoms with Gasteiger partial charge in [-0.3, -0.25) is 9.59 Å². The van der Waals surface area contributed by atoms with E-state index in [2.05, 4.69) is 16.0 Å². The second-order valence-corrected chi connectivity index (χ2v) is 5.61. The molecule has 2 amide bonds. The van der Waals surface area contributed by atoms with Crippen molar-refractivity contribution in [3.05, 3.63) is 23.2 Å². The Morgan fingerprint density at radius 2 is 2.04 bits per heavy atom. The number of rotatable bonds is 9. The first-order valence-corrected chi connectivity index (χ1v) is 7.97. The molecular weight excluding hydrogens is 318 g/mol. The van der Waals surface area contributed by atoms with Gasteiger partial charge in [0.2, 0.25) is 11.8 Å². The third-order valence-corrected chi connectivity index (χ3v) is 3.53. The van der Waals surface area contributed by atoms with Crippen LogP contribution in [0.5, 0.6) is 5.75 Å². The summed E-state index contributed by atoms with van der Waals surface area (Å²) in [6.45, 7) is 4.32. The number of carbonyl (C=O) groups is 2. The number of ether oxygens (including phenoxy) is 1. The van der Waals surface area contributed by atoms with E-state index in [0.29, 0.717) is 23.0 Å². The van der Waals surface area contributed by atoms with Gasteiger partial charge in [-0.2, -0.15) is 0 Å². The van der Waals surface area contributed by atoms with Gasteiger partial charge in [-0.05, 0) is 31.5 Å². The van der Waals surface area contributed by atoms with Crippen LogP contribution in [0.3, 0.4) is 0 Å². The Morgan fingerprint density at radius 1 is 1.30 bits per heavy atom. The van der Waals surface area contributed by atoms with Crippen molar-refractivity contribution in [1.82, 2.24) is 10.6 Å². The lowest BCUT2D eigenvalue weighted by molar-refractivity contribution is -0.122. The van der Waals surface area contributed by atoms with E-state index in [4.69, 9.17) is 16.3 Å². The second-order valence-electron chi connectivity index (χ2n) is 5.17. The van der Waals surface area contributed by atoms with Crippen molar-refractivity contribution < 1.29 is 14.3 Å². The maximum Gasteiger partial charge on any atom is 0.239 e. The van der Waals surface area contributed by atoms with Crippen LogP contribution >= 0.6 is 11.6 Å². The van der Waals surface area contributed by atoms with Crippen LogP contribution in [-0.4, -0.2) is 38.1 Å². The van der Waals surface area contributed by atoms with Crippen molar-refractivity contribution in [2.24, 2.45) is 0 Å². The standard InChI is InChI=1S/C16H24ClN3O3/c1-4-11(2)20-15(21)7-8-18-16(22)10-19-13-9-12(17)5-6-14(13)23-3/h5-6,9,11,19H,4,7-8,10H2,1-3H3,(H,18,22)(H,20,21). The van der Waals surface area contributed by atoms with Gasteiger partial charge in [0.1, 0.15) is 5.75 Å². The molecule has 1 atom stereocenters. The van der Waals surface area contributed by atoms with E-state index in [1.807, 2.05) is 13.8 Å². The zero-order valence-corrected chi connectivity index (χ0v) is 14.5. The first-order chi connectivity index (χ1) is 11.0. The summed E-state index contributed by atoms with van der Waals surface area (Å²) >= 11 is 5.92. The fourth-order valence-corrected chi connectivity index (χ4v) is 1.99. The maximum absolute atomic E-state index is 11.8. The van der Waals surface area contributed by atoms with Crippen molar-refractivity contribution >= 4 is 29.1 Å². The average molecular weight is 342 g/mol. The summed E-state index contributed by atoms with van der Waals surface area (Å²) in [5.41, 5.74) is 0.643. The van der Waals surface area contributed by atoms with Crippen LogP contribution in [-0.2, 0) is 9.59 Å². The van der Waals surface area contributed by atoms with E-state index in [9.17, 15) is 9.59 Å². The monoisotopic (exact) mass is 341 g/mol. The molecule has 0 radical (unpaired) electrons. The van der Waals surface area contributed by atoms with Crippen LogP contribution < -0.4 is 20.7 Å². The van der Waals surface area contributed by atoms with Gasteiger partial charge in [0.25, 0.3) is 0 Å². The van der Waals surface area contributed by atoms with Crippen LogP contribution in [0.2, 0.25) is 5.02 Å². The van der Waals surface area contributed by atoms with E-state index in [0.717, 1.165) is 6.42 Å². The fourth-order valence-electron chi connectivity index (χ4n) is 1.82. The molecule has 0 spiro atoms. The number of anilines is 1. The number of amides is 2. The van der Waals surface area contributed by atoms with E-state index in [-0.39, 0.29) is 30.8 Å². The molecule has 0 aromatic heterocycles. The smallest absolute Gasteiger partial charge is 0.239 e. The van der Waals surface area contributed by atoms with Gasteiger partial charge >= 0.3 is 0 Å². The minimum Gasteiger partial charge on any atom is -0.495 e. The molecule has 23 heavy (non-hydrogen) atoms. The summed E-state index contributed by atoms with van der Waals surface area (Å²) in [7, 11) is 1.55. The molecule has 0 saturated heterocycles. The molecule has 0 saturated carbocycles. The minimum atomic E-state index is -0.205. The van der Waals surface area contributed by atoms with Crippen LogP contribution in [0, 0.1) is 0 Å². The quantitative estimate of drug-likeness (QED) is 0.643. The molecule has 0 aliphatic carbocycles. The average Bonchev–Trinajstić information content (AvgIpc) is 2.52. The first-order valence-electron chi connectivity index (χ1n) is 7.59. The van der Waals surface area contributed by atoms with Crippen molar-refractivity contribution in [1.29, 1.82) is 0 Å². The minimum absolute atomic E-state index is 0.0656. The molecule has 0 heterocycles. The Bertz CT molecular complexity index is 537. The van der Waals surface area contributed by atoms with Crippen LogP contribution in [0.25, 0.3) is 0 Å². The zero-order chi connectivity index (χ0) is 17.2. The van der Waals surface area contributed by atoms with E-state index in [1.165, 1.54) is 0 Å². The third-order valence-electron chi connectivity index (χ3n) is 3.29. The summed E-state index contributed by atoms with van der Waals surface area (Å²) in [4.78, 5) is 23.4. The number of methoxy groups -OCH3 is 1. The summed E-state index contributed by atoms with van der Waals surface area (Å²) in [6.07, 6.45) is 1.14. The highest BCUT2D eigenvalue weighted by molar-refractivity contribution is 6.30. The summed E-state index contributed by atoms with van der Waals surface area (Å²) in [6, 6.07) is 5.27. The molecule has 7 heteroatoms. The van der Waals surface area contributed by atoms with Crippen molar-refractivity contribution in [3.8, 4) is 5.75 Å². The van der Waals surface area contributed by atoms with Gasteiger partial charge < -0.3 is 20.7 Å². The summed E-state index contributed by atoms with van der Waals surface area (Å²) in [5, 5.41) is 9.05. The Balaban J connectivity index is 2.32. The predicted octanol–water partition coefficient (Wildman–Crippen LogP) is 2.18. The van der Waals surface area contributed by atoms with Crippen LogP contribution in [0.15, 0.2) is 18.2 Å². The second kappa shape index (κ2) is 9.94. The zero-order valence-electron chi connectivity index (χ0n) is 13.7. The molecule has 0 bridgehead atoms. The van der Waals surface area contributed by atoms with Crippen molar-refractivity contribution in [2.45, 2.75) is 32.7 Å². The number of hydrogen-bond acceptors (Lipinski definition) is 4. The van der Waals surface area contributed by atoms with Gasteiger partial charge in [0.15, 0.2) is 0 Å². The van der Waals surface area contributed by atoms with Gasteiger partial charge in [0, 0.05) is 24.0 Å². The predicted molar refractivity (Wildman–Crippen MR) is 92.0 cm³/mol. The topological polar surface area (TPSA) is 79.5 Å². The molecule has 6 nitrogen and oxygen atoms in total. The van der Waals surface area contributed by atoms with Gasteiger partial charge in [-0.25, -0.2) is 0 Å². The van der Waals surface area contributed by atoms with E-state index < -0.39 is 0 Å². The fraction of sp³-hybridized carbons (Fsp3) is 0.500. The third kappa shape index (κ3) is 7.23. The Labute approximate surface area is 141 Å². The largest absolute Gasteiger partial charge is 0.495 e. The van der Waals surface area contributed by atoms with Crippen molar-refractivity contribution in [2.75, 3.05) is 25.5 Å².